The largest absolute Gasteiger partial charge is 0.456 e. The van der Waals surface area contributed by atoms with Gasteiger partial charge >= 0.3 is 0 Å². The maximum Gasteiger partial charge on any atom is 0.164 e. The van der Waals surface area contributed by atoms with Gasteiger partial charge in [0, 0.05) is 27.5 Å². The van der Waals surface area contributed by atoms with Crippen LogP contribution in [0.25, 0.3) is 111 Å². The predicted molar refractivity (Wildman–Crippen MR) is 239 cm³/mol. The number of nitriles is 1. The minimum atomic E-state index is 0.549. The van der Waals surface area contributed by atoms with Gasteiger partial charge in [0.2, 0.25) is 0 Å². The number of rotatable bonds is 6. The Morgan fingerprint density at radius 3 is 1.75 bits per heavy atom. The molecule has 0 fully saturated rings. The van der Waals surface area contributed by atoms with Crippen LogP contribution in [0.5, 0.6) is 0 Å². The zero-order valence-electron chi connectivity index (χ0n) is 31.7. The molecule has 0 unspecified atom stereocenters. The first kappa shape index (κ1) is 34.1. The van der Waals surface area contributed by atoms with Gasteiger partial charge in [-0.05, 0) is 97.4 Å². The summed E-state index contributed by atoms with van der Waals surface area (Å²) in [5, 5.41) is 16.3. The molecule has 0 spiro atoms. The fraction of sp³-hybridized carbons (Fsp3) is 0. The van der Waals surface area contributed by atoms with Crippen molar-refractivity contribution in [1.82, 2.24) is 15.0 Å². The van der Waals surface area contributed by atoms with E-state index in [1.807, 2.05) is 66.7 Å². The summed E-state index contributed by atoms with van der Waals surface area (Å²) < 4.78 is 6.59. The molecule has 274 valence electrons. The first-order valence-corrected chi connectivity index (χ1v) is 19.6. The van der Waals surface area contributed by atoms with Crippen LogP contribution in [0.1, 0.15) is 5.56 Å². The molecule has 0 bridgehead atoms. The lowest BCUT2D eigenvalue weighted by Gasteiger charge is -2.11. The molecule has 0 aliphatic heterocycles. The van der Waals surface area contributed by atoms with Gasteiger partial charge in [0.15, 0.2) is 17.5 Å². The first-order valence-electron chi connectivity index (χ1n) is 19.6. The quantitative estimate of drug-likeness (QED) is 0.158. The summed E-state index contributed by atoms with van der Waals surface area (Å²) in [4.78, 5) is 15.3. The summed E-state index contributed by atoms with van der Waals surface area (Å²) in [6.07, 6.45) is 0. The number of hydrogen-bond donors (Lipinski definition) is 0. The smallest absolute Gasteiger partial charge is 0.164 e. The van der Waals surface area contributed by atoms with Crippen molar-refractivity contribution < 1.29 is 4.42 Å². The van der Waals surface area contributed by atoms with Crippen molar-refractivity contribution in [2.24, 2.45) is 0 Å². The second-order valence-electron chi connectivity index (χ2n) is 14.7. The summed E-state index contributed by atoms with van der Waals surface area (Å²) in [5.74, 6) is 1.69. The summed E-state index contributed by atoms with van der Waals surface area (Å²) in [6.45, 7) is 0. The predicted octanol–water partition coefficient (Wildman–Crippen LogP) is 14.0. The van der Waals surface area contributed by atoms with Crippen molar-refractivity contribution in [1.29, 1.82) is 5.26 Å². The molecule has 0 saturated heterocycles. The summed E-state index contributed by atoms with van der Waals surface area (Å²) in [6, 6.07) is 68.8. The third-order valence-corrected chi connectivity index (χ3v) is 11.1. The Kier molecular flexibility index (Phi) is 8.13. The average Bonchev–Trinajstić information content (AvgIpc) is 3.70. The number of nitrogens with zero attached hydrogens (tertiary/aromatic N) is 4. The van der Waals surface area contributed by atoms with E-state index in [1.165, 1.54) is 27.3 Å². The Balaban J connectivity index is 1.04. The van der Waals surface area contributed by atoms with Crippen molar-refractivity contribution in [2.75, 3.05) is 0 Å². The average molecular weight is 753 g/mol. The van der Waals surface area contributed by atoms with Crippen molar-refractivity contribution >= 4 is 43.5 Å². The Labute approximate surface area is 340 Å². The Morgan fingerprint density at radius 1 is 0.356 bits per heavy atom. The maximum atomic E-state index is 9.47. The fourth-order valence-corrected chi connectivity index (χ4v) is 8.20. The van der Waals surface area contributed by atoms with Crippen LogP contribution in [-0.2, 0) is 0 Å². The molecule has 5 nitrogen and oxygen atoms in total. The van der Waals surface area contributed by atoms with Gasteiger partial charge in [0.05, 0.1) is 11.6 Å². The van der Waals surface area contributed by atoms with Gasteiger partial charge in [-0.3, -0.25) is 0 Å². The molecule has 2 aromatic heterocycles. The number of benzene rings is 9. The molecule has 0 radical (unpaired) electrons. The number of furan rings is 1. The highest BCUT2D eigenvalue weighted by Gasteiger charge is 2.18. The second-order valence-corrected chi connectivity index (χ2v) is 14.7. The molecule has 5 heteroatoms. The second kappa shape index (κ2) is 14.1. The molecule has 11 rings (SSSR count). The Bertz CT molecular complexity index is 3450. The van der Waals surface area contributed by atoms with E-state index in [-0.39, 0.29) is 0 Å². The van der Waals surface area contributed by atoms with E-state index in [0.717, 1.165) is 66.3 Å². The van der Waals surface area contributed by atoms with E-state index in [1.54, 1.807) is 0 Å². The highest BCUT2D eigenvalue weighted by atomic mass is 16.3. The lowest BCUT2D eigenvalue weighted by Crippen LogP contribution is -2.00. The molecule has 0 atom stereocenters. The Hall–Kier alpha value is -8.20. The van der Waals surface area contributed by atoms with Gasteiger partial charge in [0.1, 0.15) is 11.2 Å². The molecule has 0 saturated carbocycles. The van der Waals surface area contributed by atoms with E-state index < -0.39 is 0 Å². The summed E-state index contributed by atoms with van der Waals surface area (Å²) in [5.41, 5.74) is 11.3. The van der Waals surface area contributed by atoms with Crippen LogP contribution in [-0.4, -0.2) is 15.0 Å². The monoisotopic (exact) mass is 752 g/mol. The highest BCUT2D eigenvalue weighted by Crippen LogP contribution is 2.39. The van der Waals surface area contributed by atoms with E-state index in [9.17, 15) is 5.26 Å². The van der Waals surface area contributed by atoms with E-state index in [4.69, 9.17) is 19.4 Å². The standard InChI is InChI=1S/C54H32N4O/c55-33-34-9-6-13-39(29-34)36-19-22-38(23-20-36)52-56-53(43-25-27-46-42(31-43)24-21-37-12-4-5-16-45(37)46)58-54(57-52)44-26-28-48-50(32-44)59-49-18-8-17-47(51(48)49)41-15-7-14-40(30-41)35-10-2-1-3-11-35/h1-32H. The van der Waals surface area contributed by atoms with Gasteiger partial charge in [-0.25, -0.2) is 15.0 Å². The minimum absolute atomic E-state index is 0.549. The molecule has 2 heterocycles. The van der Waals surface area contributed by atoms with Crippen LogP contribution in [0.2, 0.25) is 0 Å². The number of hydrogen-bond acceptors (Lipinski definition) is 5. The third kappa shape index (κ3) is 6.17. The minimum Gasteiger partial charge on any atom is -0.456 e. The molecule has 0 aliphatic rings. The SMILES string of the molecule is N#Cc1cccc(-c2ccc(-c3nc(-c4ccc5c(ccc6ccccc65)c4)nc(-c4ccc5c(c4)oc4cccc(-c6cccc(-c7ccccc7)c6)c45)n3)cc2)c1. The van der Waals surface area contributed by atoms with Gasteiger partial charge in [-0.2, -0.15) is 5.26 Å². The molecular formula is C54H32N4O. The van der Waals surface area contributed by atoms with E-state index >= 15 is 0 Å². The van der Waals surface area contributed by atoms with Crippen LogP contribution >= 0.6 is 0 Å². The van der Waals surface area contributed by atoms with Crippen LogP contribution in [0.15, 0.2) is 199 Å². The van der Waals surface area contributed by atoms with Crippen LogP contribution in [0.3, 0.4) is 0 Å². The zero-order valence-corrected chi connectivity index (χ0v) is 31.7. The van der Waals surface area contributed by atoms with Crippen molar-refractivity contribution in [2.45, 2.75) is 0 Å². The van der Waals surface area contributed by atoms with Crippen molar-refractivity contribution in [3.8, 4) is 73.6 Å². The topological polar surface area (TPSA) is 75.6 Å². The highest BCUT2D eigenvalue weighted by molar-refractivity contribution is 6.13. The lowest BCUT2D eigenvalue weighted by atomic mass is 9.96. The van der Waals surface area contributed by atoms with Crippen molar-refractivity contribution in [3.63, 3.8) is 0 Å². The normalized spacial score (nSPS) is 11.4. The van der Waals surface area contributed by atoms with Crippen LogP contribution < -0.4 is 0 Å². The lowest BCUT2D eigenvalue weighted by molar-refractivity contribution is 0.669. The van der Waals surface area contributed by atoms with Gasteiger partial charge in [0.25, 0.3) is 0 Å². The van der Waals surface area contributed by atoms with Crippen molar-refractivity contribution in [3.05, 3.63) is 200 Å². The third-order valence-electron chi connectivity index (χ3n) is 11.1. The van der Waals surface area contributed by atoms with Gasteiger partial charge in [-0.15, -0.1) is 0 Å². The zero-order chi connectivity index (χ0) is 39.3. The molecule has 9 aromatic carbocycles. The van der Waals surface area contributed by atoms with E-state index in [2.05, 4.69) is 133 Å². The summed E-state index contributed by atoms with van der Waals surface area (Å²) in [7, 11) is 0. The molecular weight excluding hydrogens is 721 g/mol. The fourth-order valence-electron chi connectivity index (χ4n) is 8.20. The van der Waals surface area contributed by atoms with Crippen LogP contribution in [0, 0.1) is 11.3 Å². The van der Waals surface area contributed by atoms with E-state index in [0.29, 0.717) is 23.0 Å². The molecule has 0 aliphatic carbocycles. The molecule has 0 amide bonds. The Morgan fingerprint density at radius 2 is 0.932 bits per heavy atom. The number of aromatic nitrogens is 3. The number of fused-ring (bicyclic) bond motifs is 6. The van der Waals surface area contributed by atoms with Gasteiger partial charge in [-0.1, -0.05) is 152 Å². The maximum absolute atomic E-state index is 9.47. The first-order chi connectivity index (χ1) is 29.1. The molecule has 11 aromatic rings. The molecule has 0 N–H and O–H groups in total. The van der Waals surface area contributed by atoms with Gasteiger partial charge < -0.3 is 4.42 Å². The molecule has 59 heavy (non-hydrogen) atoms. The van der Waals surface area contributed by atoms with Crippen LogP contribution in [0.4, 0.5) is 0 Å². The summed E-state index contributed by atoms with van der Waals surface area (Å²) >= 11 is 0.